The molecule has 4 nitrogen and oxygen atoms in total. The molecule has 0 atom stereocenters. The van der Waals surface area contributed by atoms with Gasteiger partial charge >= 0.3 is 11.9 Å². The maximum absolute atomic E-state index is 12.1. The summed E-state index contributed by atoms with van der Waals surface area (Å²) in [5, 5.41) is 0. The van der Waals surface area contributed by atoms with E-state index >= 15 is 0 Å². The molecule has 358 valence electrons. The zero-order valence-electron chi connectivity index (χ0n) is 41.4. The molecule has 0 amide bonds. The molecule has 0 rings (SSSR count). The third kappa shape index (κ3) is 53.1. The van der Waals surface area contributed by atoms with Crippen molar-refractivity contribution in [2.75, 3.05) is 13.2 Å². The number of rotatable bonds is 53. The summed E-state index contributed by atoms with van der Waals surface area (Å²) in [6, 6.07) is 0. The molecule has 0 fully saturated rings. The monoisotopic (exact) mass is 847 g/mol. The highest BCUT2D eigenvalue weighted by Gasteiger charge is 2.05. The summed E-state index contributed by atoms with van der Waals surface area (Å²) in [5.41, 5.74) is 0. The Bertz CT molecular complexity index is 745. The quantitative estimate of drug-likeness (QED) is 0.0452. The molecule has 0 saturated heterocycles. The molecule has 0 aromatic rings. The molecule has 0 aliphatic carbocycles. The van der Waals surface area contributed by atoms with Gasteiger partial charge in [0.15, 0.2) is 0 Å². The number of hydrogen-bond acceptors (Lipinski definition) is 4. The van der Waals surface area contributed by atoms with E-state index in [-0.39, 0.29) is 11.9 Å². The maximum Gasteiger partial charge on any atom is 0.305 e. The van der Waals surface area contributed by atoms with Gasteiger partial charge in [-0.3, -0.25) is 9.59 Å². The lowest BCUT2D eigenvalue weighted by Crippen LogP contribution is -2.06. The van der Waals surface area contributed by atoms with E-state index in [9.17, 15) is 9.59 Å². The first kappa shape index (κ1) is 58.9. The van der Waals surface area contributed by atoms with Crippen LogP contribution in [0.25, 0.3) is 0 Å². The van der Waals surface area contributed by atoms with E-state index < -0.39 is 0 Å². The van der Waals surface area contributed by atoms with Gasteiger partial charge in [-0.25, -0.2) is 0 Å². The molecule has 0 aromatic heterocycles. The Morgan fingerprint density at radius 2 is 0.367 bits per heavy atom. The van der Waals surface area contributed by atoms with E-state index in [1.165, 1.54) is 257 Å². The number of carbonyl (C=O) groups excluding carboxylic acids is 2. The van der Waals surface area contributed by atoms with Crippen LogP contribution in [0.2, 0.25) is 0 Å². The number of carbonyl (C=O) groups is 2. The van der Waals surface area contributed by atoms with Crippen molar-refractivity contribution in [1.29, 1.82) is 0 Å². The molecule has 0 bridgehead atoms. The maximum atomic E-state index is 12.1. The summed E-state index contributed by atoms with van der Waals surface area (Å²) in [6.45, 7) is 5.78. The Balaban J connectivity index is 3.22. The van der Waals surface area contributed by atoms with E-state index in [2.05, 4.69) is 13.8 Å². The summed E-state index contributed by atoms with van der Waals surface area (Å²) in [6.07, 6.45) is 65.5. The van der Waals surface area contributed by atoms with Gasteiger partial charge < -0.3 is 9.47 Å². The highest BCUT2D eigenvalue weighted by Crippen LogP contribution is 2.18. The van der Waals surface area contributed by atoms with Crippen LogP contribution in [0.3, 0.4) is 0 Å². The standard InChI is InChI=1S/C56H110O4/c1-3-5-7-9-11-13-15-17-19-21-23-25-27-29-31-33-35-37-41-45-49-53-59-55(57)51-47-43-39-40-44-48-52-56(58)60-54-50-46-42-38-36-34-32-30-28-26-24-22-20-18-16-14-12-10-8-6-4-2/h3-54H2,1-2H3. The molecule has 0 radical (unpaired) electrons. The normalized spacial score (nSPS) is 11.4. The lowest BCUT2D eigenvalue weighted by molar-refractivity contribution is -0.144. The summed E-state index contributed by atoms with van der Waals surface area (Å²) in [7, 11) is 0. The van der Waals surface area contributed by atoms with Gasteiger partial charge in [-0.15, -0.1) is 0 Å². The Morgan fingerprint density at radius 3 is 0.550 bits per heavy atom. The fourth-order valence-corrected chi connectivity index (χ4v) is 8.83. The third-order valence-corrected chi connectivity index (χ3v) is 13.0. The summed E-state index contributed by atoms with van der Waals surface area (Å²) in [4.78, 5) is 24.2. The molecule has 0 aliphatic heterocycles. The zero-order chi connectivity index (χ0) is 43.3. The first-order valence-corrected chi connectivity index (χ1v) is 28.0. The average Bonchev–Trinajstić information content (AvgIpc) is 3.25. The smallest absolute Gasteiger partial charge is 0.305 e. The summed E-state index contributed by atoms with van der Waals surface area (Å²) in [5.74, 6) is -0.0531. The van der Waals surface area contributed by atoms with Gasteiger partial charge in [0.2, 0.25) is 0 Å². The molecule has 0 heterocycles. The van der Waals surface area contributed by atoms with Crippen LogP contribution in [0, 0.1) is 0 Å². The van der Waals surface area contributed by atoms with Crippen molar-refractivity contribution in [3.8, 4) is 0 Å². The molecule has 4 heteroatoms. The van der Waals surface area contributed by atoms with Crippen molar-refractivity contribution < 1.29 is 19.1 Å². The minimum atomic E-state index is -0.0266. The van der Waals surface area contributed by atoms with Gasteiger partial charge in [0.1, 0.15) is 0 Å². The highest BCUT2D eigenvalue weighted by atomic mass is 16.5. The predicted molar refractivity (Wildman–Crippen MR) is 264 cm³/mol. The minimum Gasteiger partial charge on any atom is -0.466 e. The van der Waals surface area contributed by atoms with E-state index in [1.807, 2.05) is 0 Å². The van der Waals surface area contributed by atoms with Gasteiger partial charge in [-0.1, -0.05) is 296 Å². The molecule has 0 spiro atoms. The number of unbranched alkanes of at least 4 members (excludes halogenated alkanes) is 45. The van der Waals surface area contributed by atoms with Crippen LogP contribution in [0.5, 0.6) is 0 Å². The number of esters is 2. The number of hydrogen-bond donors (Lipinski definition) is 0. The second kappa shape index (κ2) is 54.1. The van der Waals surface area contributed by atoms with Crippen LogP contribution in [-0.2, 0) is 19.1 Å². The summed E-state index contributed by atoms with van der Waals surface area (Å²) >= 11 is 0. The topological polar surface area (TPSA) is 52.6 Å². The molecule has 0 aliphatic rings. The van der Waals surface area contributed by atoms with Crippen LogP contribution in [0.4, 0.5) is 0 Å². The van der Waals surface area contributed by atoms with Crippen LogP contribution in [0.15, 0.2) is 0 Å². The van der Waals surface area contributed by atoms with Crippen molar-refractivity contribution in [2.45, 2.75) is 335 Å². The van der Waals surface area contributed by atoms with Gasteiger partial charge in [0.05, 0.1) is 13.2 Å². The lowest BCUT2D eigenvalue weighted by atomic mass is 10.0. The van der Waals surface area contributed by atoms with Crippen LogP contribution in [0.1, 0.15) is 335 Å². The molecule has 60 heavy (non-hydrogen) atoms. The lowest BCUT2D eigenvalue weighted by Gasteiger charge is -2.06. The van der Waals surface area contributed by atoms with Crippen LogP contribution < -0.4 is 0 Å². The second-order valence-electron chi connectivity index (χ2n) is 19.2. The second-order valence-corrected chi connectivity index (χ2v) is 19.2. The van der Waals surface area contributed by atoms with E-state index in [0.717, 1.165) is 51.4 Å². The van der Waals surface area contributed by atoms with Crippen LogP contribution >= 0.6 is 0 Å². The number of ether oxygens (including phenoxy) is 2. The SMILES string of the molecule is CCCCCCCCCCCCCCCCCCCCCCCOC(=O)CCCCCCCCC(=O)OCCCCCCCCCCCCCCCCCCCCCCC. The molecular formula is C56H110O4. The molecule has 0 N–H and O–H groups in total. The van der Waals surface area contributed by atoms with Crippen molar-refractivity contribution >= 4 is 11.9 Å². The van der Waals surface area contributed by atoms with Crippen molar-refractivity contribution in [1.82, 2.24) is 0 Å². The average molecular weight is 847 g/mol. The van der Waals surface area contributed by atoms with Crippen molar-refractivity contribution in [3.63, 3.8) is 0 Å². The fraction of sp³-hybridized carbons (Fsp3) is 0.964. The molecule has 0 aromatic carbocycles. The molecule has 0 saturated carbocycles. The fourth-order valence-electron chi connectivity index (χ4n) is 8.83. The van der Waals surface area contributed by atoms with E-state index in [1.54, 1.807) is 0 Å². The zero-order valence-corrected chi connectivity index (χ0v) is 41.4. The van der Waals surface area contributed by atoms with Gasteiger partial charge in [-0.05, 0) is 25.7 Å². The van der Waals surface area contributed by atoms with Crippen molar-refractivity contribution in [3.05, 3.63) is 0 Å². The largest absolute Gasteiger partial charge is 0.466 e. The third-order valence-electron chi connectivity index (χ3n) is 13.0. The highest BCUT2D eigenvalue weighted by molar-refractivity contribution is 5.69. The first-order chi connectivity index (χ1) is 29.7. The Hall–Kier alpha value is -1.06. The van der Waals surface area contributed by atoms with Gasteiger partial charge in [0.25, 0.3) is 0 Å². The Labute approximate surface area is 377 Å². The molecular weight excluding hydrogens is 737 g/mol. The predicted octanol–water partition coefficient (Wildman–Crippen LogP) is 19.6. The van der Waals surface area contributed by atoms with Crippen LogP contribution in [-0.4, -0.2) is 25.2 Å². The van der Waals surface area contributed by atoms with Gasteiger partial charge in [-0.2, -0.15) is 0 Å². The van der Waals surface area contributed by atoms with E-state index in [0.29, 0.717) is 26.1 Å². The Morgan fingerprint density at radius 1 is 0.217 bits per heavy atom. The van der Waals surface area contributed by atoms with E-state index in [4.69, 9.17) is 9.47 Å². The van der Waals surface area contributed by atoms with Crippen molar-refractivity contribution in [2.24, 2.45) is 0 Å². The minimum absolute atomic E-state index is 0.0266. The summed E-state index contributed by atoms with van der Waals surface area (Å²) < 4.78 is 10.9. The Kier molecular flexibility index (Phi) is 53.1. The van der Waals surface area contributed by atoms with Gasteiger partial charge in [0, 0.05) is 12.8 Å². The first-order valence-electron chi connectivity index (χ1n) is 28.0. The molecule has 0 unspecified atom stereocenters.